The number of amides is 1. The zero-order valence-electron chi connectivity index (χ0n) is 13.6. The Morgan fingerprint density at radius 1 is 1.29 bits per heavy atom. The number of aryl methyl sites for hydroxylation is 1. The lowest BCUT2D eigenvalue weighted by atomic mass is 10.0. The highest BCUT2D eigenvalue weighted by Crippen LogP contribution is 2.28. The van der Waals surface area contributed by atoms with E-state index in [0.717, 1.165) is 43.2 Å². The number of carbonyl (C=O) groups excluding carboxylic acids is 1. The Balaban J connectivity index is 1.30. The molecule has 0 saturated carbocycles. The van der Waals surface area contributed by atoms with Crippen LogP contribution in [0, 0.1) is 0 Å². The Morgan fingerprint density at radius 3 is 2.79 bits per heavy atom. The second-order valence-electron chi connectivity index (χ2n) is 6.29. The number of anilines is 1. The molecule has 1 atom stereocenters. The minimum Gasteiger partial charge on any atom is -0.480 e. The number of piperidine rings is 1. The molecule has 0 aliphatic carbocycles. The van der Waals surface area contributed by atoms with Crippen molar-refractivity contribution in [3.63, 3.8) is 0 Å². The van der Waals surface area contributed by atoms with Crippen molar-refractivity contribution >= 4 is 11.9 Å². The van der Waals surface area contributed by atoms with Crippen LogP contribution in [0.2, 0.25) is 0 Å². The van der Waals surface area contributed by atoms with Gasteiger partial charge in [0, 0.05) is 32.6 Å². The van der Waals surface area contributed by atoms with E-state index in [1.54, 1.807) is 4.68 Å². The third kappa shape index (κ3) is 2.79. The molecule has 4 rings (SSSR count). The van der Waals surface area contributed by atoms with Crippen LogP contribution in [-0.4, -0.2) is 51.3 Å². The number of hydrogen-bond donors (Lipinski definition) is 1. The largest absolute Gasteiger partial charge is 0.480 e. The lowest BCUT2D eigenvalue weighted by molar-refractivity contribution is -0.128. The van der Waals surface area contributed by atoms with Gasteiger partial charge in [0.25, 0.3) is 5.91 Å². The predicted molar refractivity (Wildman–Crippen MR) is 86.7 cm³/mol. The van der Waals surface area contributed by atoms with Gasteiger partial charge in [0.2, 0.25) is 5.95 Å². The van der Waals surface area contributed by atoms with E-state index in [0.29, 0.717) is 6.42 Å². The first-order valence-electron chi connectivity index (χ1n) is 8.23. The van der Waals surface area contributed by atoms with Gasteiger partial charge in [-0.25, -0.2) is 4.68 Å². The highest BCUT2D eigenvalue weighted by Gasteiger charge is 2.31. The van der Waals surface area contributed by atoms with Crippen LogP contribution in [0.25, 0.3) is 0 Å². The van der Waals surface area contributed by atoms with Crippen molar-refractivity contribution in [2.45, 2.75) is 31.4 Å². The molecule has 0 spiro atoms. The van der Waals surface area contributed by atoms with Crippen LogP contribution < -0.4 is 15.0 Å². The van der Waals surface area contributed by atoms with Crippen LogP contribution in [0.5, 0.6) is 5.75 Å². The summed E-state index contributed by atoms with van der Waals surface area (Å²) in [7, 11) is 1.83. The smallest absolute Gasteiger partial charge is 0.261 e. The monoisotopic (exact) mass is 328 g/mol. The normalized spacial score (nSPS) is 20.5. The van der Waals surface area contributed by atoms with Crippen molar-refractivity contribution in [2.24, 2.45) is 7.05 Å². The molecule has 2 aliphatic rings. The molecule has 0 bridgehead atoms. The first kappa shape index (κ1) is 14.9. The Kier molecular flexibility index (Phi) is 3.79. The standard InChI is InChI=1S/C16H20N6O2/c1-21-16(18-19-20-21)22-8-6-12(7-9-22)17-15(23)14-10-11-4-2-3-5-13(11)24-14/h2-5,12,14H,6-10H2,1H3,(H,17,23). The van der Waals surface area contributed by atoms with Crippen LogP contribution in [-0.2, 0) is 18.3 Å². The average molecular weight is 328 g/mol. The molecule has 0 radical (unpaired) electrons. The number of tetrazole rings is 1. The molecule has 8 nitrogen and oxygen atoms in total. The summed E-state index contributed by atoms with van der Waals surface area (Å²) in [5, 5.41) is 14.7. The number of nitrogens with one attached hydrogen (secondary N) is 1. The van der Waals surface area contributed by atoms with Gasteiger partial charge in [0.15, 0.2) is 6.10 Å². The van der Waals surface area contributed by atoms with Crippen molar-refractivity contribution in [3.05, 3.63) is 29.8 Å². The summed E-state index contributed by atoms with van der Waals surface area (Å²) in [6.07, 6.45) is 1.98. The molecule has 1 unspecified atom stereocenters. The summed E-state index contributed by atoms with van der Waals surface area (Å²) in [6, 6.07) is 7.99. The Labute approximate surface area is 139 Å². The van der Waals surface area contributed by atoms with Crippen molar-refractivity contribution in [3.8, 4) is 5.75 Å². The van der Waals surface area contributed by atoms with E-state index in [1.165, 1.54) is 0 Å². The van der Waals surface area contributed by atoms with Crippen molar-refractivity contribution in [1.82, 2.24) is 25.5 Å². The number of carbonyl (C=O) groups is 1. The summed E-state index contributed by atoms with van der Waals surface area (Å²) in [6.45, 7) is 1.65. The Bertz CT molecular complexity index is 713. The number of nitrogens with zero attached hydrogens (tertiary/aromatic N) is 5. The fourth-order valence-electron chi connectivity index (χ4n) is 3.34. The van der Waals surface area contributed by atoms with Crippen molar-refractivity contribution in [2.75, 3.05) is 18.0 Å². The van der Waals surface area contributed by atoms with Crippen LogP contribution in [0.4, 0.5) is 5.95 Å². The third-order valence-corrected chi connectivity index (χ3v) is 4.66. The second-order valence-corrected chi connectivity index (χ2v) is 6.29. The predicted octanol–water partition coefficient (Wildman–Crippen LogP) is 0.299. The summed E-state index contributed by atoms with van der Waals surface area (Å²) < 4.78 is 7.42. The van der Waals surface area contributed by atoms with Gasteiger partial charge >= 0.3 is 0 Å². The number of para-hydroxylation sites is 1. The highest BCUT2D eigenvalue weighted by atomic mass is 16.5. The van der Waals surface area contributed by atoms with Gasteiger partial charge in [-0.15, -0.1) is 0 Å². The molecular formula is C16H20N6O2. The zero-order chi connectivity index (χ0) is 16.5. The molecule has 126 valence electrons. The molecule has 1 aromatic carbocycles. The SMILES string of the molecule is Cn1nnnc1N1CCC(NC(=O)C2Cc3ccccc3O2)CC1. The second kappa shape index (κ2) is 6.10. The zero-order valence-corrected chi connectivity index (χ0v) is 13.6. The summed E-state index contributed by atoms with van der Waals surface area (Å²) in [4.78, 5) is 14.6. The maximum atomic E-state index is 12.5. The number of hydrogen-bond acceptors (Lipinski definition) is 6. The van der Waals surface area contributed by atoms with E-state index in [1.807, 2.05) is 31.3 Å². The van der Waals surface area contributed by atoms with E-state index in [2.05, 4.69) is 25.7 Å². The molecular weight excluding hydrogens is 308 g/mol. The van der Waals surface area contributed by atoms with Crippen LogP contribution >= 0.6 is 0 Å². The topological polar surface area (TPSA) is 85.2 Å². The first-order chi connectivity index (χ1) is 11.7. The number of ether oxygens (including phenoxy) is 1. The summed E-state index contributed by atoms with van der Waals surface area (Å²) >= 11 is 0. The van der Waals surface area contributed by atoms with Gasteiger partial charge in [0.1, 0.15) is 5.75 Å². The van der Waals surface area contributed by atoms with Crippen LogP contribution in [0.1, 0.15) is 18.4 Å². The van der Waals surface area contributed by atoms with Gasteiger partial charge < -0.3 is 15.0 Å². The maximum absolute atomic E-state index is 12.5. The molecule has 8 heteroatoms. The Morgan fingerprint density at radius 2 is 2.08 bits per heavy atom. The van der Waals surface area contributed by atoms with Gasteiger partial charge in [-0.2, -0.15) is 0 Å². The Hall–Kier alpha value is -2.64. The fourth-order valence-corrected chi connectivity index (χ4v) is 3.34. The minimum absolute atomic E-state index is 0.0232. The first-order valence-corrected chi connectivity index (χ1v) is 8.23. The van der Waals surface area contributed by atoms with E-state index < -0.39 is 6.10 Å². The van der Waals surface area contributed by atoms with Crippen molar-refractivity contribution < 1.29 is 9.53 Å². The van der Waals surface area contributed by atoms with Crippen LogP contribution in [0.15, 0.2) is 24.3 Å². The minimum atomic E-state index is -0.414. The van der Waals surface area contributed by atoms with E-state index in [4.69, 9.17) is 4.74 Å². The summed E-state index contributed by atoms with van der Waals surface area (Å²) in [5.41, 5.74) is 1.10. The van der Waals surface area contributed by atoms with Gasteiger partial charge in [-0.05, 0) is 34.9 Å². The fraction of sp³-hybridized carbons (Fsp3) is 0.500. The lowest BCUT2D eigenvalue weighted by Crippen LogP contribution is -2.48. The van der Waals surface area contributed by atoms with Gasteiger partial charge in [-0.1, -0.05) is 23.3 Å². The number of aromatic nitrogens is 4. The molecule has 2 aromatic rings. The van der Waals surface area contributed by atoms with E-state index in [9.17, 15) is 4.79 Å². The number of fused-ring (bicyclic) bond motifs is 1. The molecule has 1 aromatic heterocycles. The molecule has 1 amide bonds. The molecule has 24 heavy (non-hydrogen) atoms. The van der Waals surface area contributed by atoms with Gasteiger partial charge in [-0.3, -0.25) is 4.79 Å². The molecule has 1 N–H and O–H groups in total. The quantitative estimate of drug-likeness (QED) is 0.872. The molecule has 1 fully saturated rings. The number of rotatable bonds is 3. The average Bonchev–Trinajstić information content (AvgIpc) is 3.21. The van der Waals surface area contributed by atoms with Crippen molar-refractivity contribution in [1.29, 1.82) is 0 Å². The summed E-state index contributed by atoms with van der Waals surface area (Å²) in [5.74, 6) is 1.57. The molecule has 2 aliphatic heterocycles. The highest BCUT2D eigenvalue weighted by molar-refractivity contribution is 5.82. The molecule has 3 heterocycles. The van der Waals surface area contributed by atoms with Gasteiger partial charge in [0.05, 0.1) is 0 Å². The maximum Gasteiger partial charge on any atom is 0.261 e. The van der Waals surface area contributed by atoms with E-state index in [-0.39, 0.29) is 11.9 Å². The van der Waals surface area contributed by atoms with E-state index >= 15 is 0 Å². The lowest BCUT2D eigenvalue weighted by Gasteiger charge is -2.32. The molecule has 1 saturated heterocycles. The number of benzene rings is 1. The van der Waals surface area contributed by atoms with Crippen LogP contribution in [0.3, 0.4) is 0 Å². The third-order valence-electron chi connectivity index (χ3n) is 4.66.